The minimum absolute atomic E-state index is 0.147. The van der Waals surface area contributed by atoms with Gasteiger partial charge in [0.25, 0.3) is 0 Å². The summed E-state index contributed by atoms with van der Waals surface area (Å²) < 4.78 is 26.0. The second-order valence-electron chi connectivity index (χ2n) is 5.79. The molecular formula is C18H18Cl2FN5O2. The zero-order valence-corrected chi connectivity index (χ0v) is 16.8. The lowest BCUT2D eigenvalue weighted by Gasteiger charge is -2.15. The fourth-order valence-corrected chi connectivity index (χ4v) is 2.94. The maximum absolute atomic E-state index is 13.2. The largest absolute Gasteiger partial charge is 0.493 e. The number of ether oxygens (including phenoxy) is 2. The molecule has 148 valence electrons. The van der Waals surface area contributed by atoms with Crippen LogP contribution in [0.15, 0.2) is 30.3 Å². The molecule has 0 atom stereocenters. The zero-order chi connectivity index (χ0) is 20.1. The monoisotopic (exact) mass is 425 g/mol. The fourth-order valence-electron chi connectivity index (χ4n) is 2.50. The molecule has 0 fully saturated rings. The molecule has 2 aromatic carbocycles. The summed E-state index contributed by atoms with van der Waals surface area (Å²) in [6.45, 7) is 3.14. The molecule has 1 heterocycles. The van der Waals surface area contributed by atoms with Crippen molar-refractivity contribution in [3.05, 3.63) is 57.3 Å². The van der Waals surface area contributed by atoms with Gasteiger partial charge in [-0.25, -0.2) is 9.07 Å². The number of aryl methyl sites for hydroxylation is 1. The maximum atomic E-state index is 13.2. The third-order valence-corrected chi connectivity index (χ3v) is 4.70. The molecule has 7 nitrogen and oxygen atoms in total. The first-order chi connectivity index (χ1) is 13.5. The Balaban J connectivity index is 1.73. The van der Waals surface area contributed by atoms with Crippen molar-refractivity contribution in [2.24, 2.45) is 0 Å². The Morgan fingerprint density at radius 3 is 2.61 bits per heavy atom. The van der Waals surface area contributed by atoms with Crippen LogP contribution >= 0.6 is 23.2 Å². The first-order valence-corrected chi connectivity index (χ1v) is 9.20. The molecule has 0 aliphatic rings. The van der Waals surface area contributed by atoms with Crippen LogP contribution in [0.25, 0.3) is 0 Å². The quantitative estimate of drug-likeness (QED) is 0.578. The van der Waals surface area contributed by atoms with Crippen LogP contribution in [-0.2, 0) is 19.7 Å². The number of hydrogen-bond acceptors (Lipinski definition) is 6. The predicted molar refractivity (Wildman–Crippen MR) is 105 cm³/mol. The molecule has 0 amide bonds. The standard InChI is InChI=1S/C18H18Cl2FN5O2/c1-3-26-18(23-24-25-26)22-9-12-6-16(27-2)17(8-15(12)20)28-10-11-4-5-13(21)7-14(11)19/h4-8H,3,9-10H2,1-2H3,(H,22,23,25). The minimum Gasteiger partial charge on any atom is -0.493 e. The highest BCUT2D eigenvalue weighted by molar-refractivity contribution is 6.31. The van der Waals surface area contributed by atoms with Gasteiger partial charge in [0.2, 0.25) is 5.95 Å². The molecule has 0 unspecified atom stereocenters. The van der Waals surface area contributed by atoms with Crippen LogP contribution in [0.3, 0.4) is 0 Å². The van der Waals surface area contributed by atoms with E-state index in [1.165, 1.54) is 19.2 Å². The number of nitrogens with zero attached hydrogens (tertiary/aromatic N) is 4. The van der Waals surface area contributed by atoms with Gasteiger partial charge >= 0.3 is 0 Å². The molecule has 0 radical (unpaired) electrons. The normalized spacial score (nSPS) is 10.8. The molecule has 3 rings (SSSR count). The number of rotatable bonds is 8. The molecule has 0 aliphatic carbocycles. The topological polar surface area (TPSA) is 74.1 Å². The lowest BCUT2D eigenvalue weighted by Crippen LogP contribution is -2.08. The Kier molecular flexibility index (Phi) is 6.53. The van der Waals surface area contributed by atoms with Crippen molar-refractivity contribution in [3.8, 4) is 11.5 Å². The molecule has 0 bridgehead atoms. The van der Waals surface area contributed by atoms with Crippen LogP contribution in [0, 0.1) is 5.82 Å². The highest BCUT2D eigenvalue weighted by Gasteiger charge is 2.13. The number of methoxy groups -OCH3 is 1. The van der Waals surface area contributed by atoms with E-state index in [0.717, 1.165) is 5.56 Å². The van der Waals surface area contributed by atoms with Crippen LogP contribution < -0.4 is 14.8 Å². The van der Waals surface area contributed by atoms with E-state index in [2.05, 4.69) is 20.8 Å². The SMILES string of the molecule is CCn1nnnc1NCc1cc(OC)c(OCc2ccc(F)cc2Cl)cc1Cl. The van der Waals surface area contributed by atoms with Crippen molar-refractivity contribution in [2.45, 2.75) is 26.6 Å². The van der Waals surface area contributed by atoms with E-state index in [1.54, 1.807) is 22.9 Å². The average Bonchev–Trinajstić information content (AvgIpc) is 3.14. The van der Waals surface area contributed by atoms with Gasteiger partial charge in [-0.1, -0.05) is 34.4 Å². The second-order valence-corrected chi connectivity index (χ2v) is 6.61. The Hall–Kier alpha value is -2.58. The van der Waals surface area contributed by atoms with Crippen LogP contribution in [0.1, 0.15) is 18.1 Å². The van der Waals surface area contributed by atoms with Crippen molar-refractivity contribution in [2.75, 3.05) is 12.4 Å². The summed E-state index contributed by atoms with van der Waals surface area (Å²) in [5.41, 5.74) is 1.44. The highest BCUT2D eigenvalue weighted by Crippen LogP contribution is 2.34. The van der Waals surface area contributed by atoms with Gasteiger partial charge in [-0.15, -0.1) is 0 Å². The van der Waals surface area contributed by atoms with Gasteiger partial charge in [-0.2, -0.15) is 0 Å². The number of benzene rings is 2. The Morgan fingerprint density at radius 2 is 1.89 bits per heavy atom. The summed E-state index contributed by atoms with van der Waals surface area (Å²) in [4.78, 5) is 0. The Labute approximate surface area is 171 Å². The van der Waals surface area contributed by atoms with Gasteiger partial charge in [0.1, 0.15) is 12.4 Å². The fraction of sp³-hybridized carbons (Fsp3) is 0.278. The van der Waals surface area contributed by atoms with E-state index in [1.807, 2.05) is 6.92 Å². The van der Waals surface area contributed by atoms with E-state index in [-0.39, 0.29) is 6.61 Å². The molecule has 3 aromatic rings. The lowest BCUT2D eigenvalue weighted by molar-refractivity contribution is 0.284. The molecule has 0 spiro atoms. The molecule has 28 heavy (non-hydrogen) atoms. The number of anilines is 1. The lowest BCUT2D eigenvalue weighted by atomic mass is 10.2. The van der Waals surface area contributed by atoms with Gasteiger partial charge in [0.15, 0.2) is 11.5 Å². The molecule has 0 aliphatic heterocycles. The van der Waals surface area contributed by atoms with Crippen LogP contribution in [-0.4, -0.2) is 27.3 Å². The van der Waals surface area contributed by atoms with Gasteiger partial charge < -0.3 is 14.8 Å². The summed E-state index contributed by atoms with van der Waals surface area (Å²) >= 11 is 12.4. The molecule has 10 heteroatoms. The molecule has 0 saturated heterocycles. The van der Waals surface area contributed by atoms with E-state index in [4.69, 9.17) is 32.7 Å². The van der Waals surface area contributed by atoms with Crippen molar-refractivity contribution >= 4 is 29.2 Å². The van der Waals surface area contributed by atoms with E-state index in [9.17, 15) is 4.39 Å². The molecule has 1 aromatic heterocycles. The first-order valence-electron chi connectivity index (χ1n) is 8.45. The third-order valence-electron chi connectivity index (χ3n) is 4.00. The summed E-state index contributed by atoms with van der Waals surface area (Å²) in [7, 11) is 1.54. The van der Waals surface area contributed by atoms with Crippen molar-refractivity contribution in [1.29, 1.82) is 0 Å². The number of hydrogen-bond donors (Lipinski definition) is 1. The number of halogens is 3. The van der Waals surface area contributed by atoms with Crippen molar-refractivity contribution in [1.82, 2.24) is 20.2 Å². The predicted octanol–water partition coefficient (Wildman–Crippen LogP) is 4.34. The number of tetrazole rings is 1. The van der Waals surface area contributed by atoms with Crippen molar-refractivity contribution in [3.63, 3.8) is 0 Å². The van der Waals surface area contributed by atoms with Gasteiger partial charge in [0.05, 0.1) is 12.1 Å². The third kappa shape index (κ3) is 4.63. The summed E-state index contributed by atoms with van der Waals surface area (Å²) in [5.74, 6) is 1.11. The number of nitrogens with one attached hydrogen (secondary N) is 1. The molecule has 0 saturated carbocycles. The Morgan fingerprint density at radius 1 is 1.11 bits per heavy atom. The van der Waals surface area contributed by atoms with Crippen molar-refractivity contribution < 1.29 is 13.9 Å². The highest BCUT2D eigenvalue weighted by atomic mass is 35.5. The Bertz CT molecular complexity index is 967. The summed E-state index contributed by atoms with van der Waals surface area (Å²) in [6.07, 6.45) is 0. The van der Waals surface area contributed by atoms with Gasteiger partial charge in [-0.3, -0.25) is 0 Å². The summed E-state index contributed by atoms with van der Waals surface area (Å²) in [6, 6.07) is 7.58. The van der Waals surface area contributed by atoms with Crippen LogP contribution in [0.4, 0.5) is 10.3 Å². The maximum Gasteiger partial charge on any atom is 0.243 e. The van der Waals surface area contributed by atoms with E-state index >= 15 is 0 Å². The smallest absolute Gasteiger partial charge is 0.243 e. The zero-order valence-electron chi connectivity index (χ0n) is 15.2. The molecular weight excluding hydrogens is 408 g/mol. The minimum atomic E-state index is -0.402. The van der Waals surface area contributed by atoms with Gasteiger partial charge in [0, 0.05) is 29.7 Å². The van der Waals surface area contributed by atoms with E-state index in [0.29, 0.717) is 46.1 Å². The number of aromatic nitrogens is 4. The summed E-state index contributed by atoms with van der Waals surface area (Å²) in [5, 5.41) is 15.3. The van der Waals surface area contributed by atoms with Crippen LogP contribution in [0.2, 0.25) is 10.0 Å². The first kappa shape index (κ1) is 20.2. The van der Waals surface area contributed by atoms with Gasteiger partial charge in [-0.05, 0) is 41.1 Å². The molecule has 1 N–H and O–H groups in total. The van der Waals surface area contributed by atoms with E-state index < -0.39 is 5.82 Å². The van der Waals surface area contributed by atoms with Crippen LogP contribution in [0.5, 0.6) is 11.5 Å². The average molecular weight is 426 g/mol. The second kappa shape index (κ2) is 9.07.